The second-order valence-corrected chi connectivity index (χ2v) is 9.83. The second kappa shape index (κ2) is 7.54. The maximum Gasteiger partial charge on any atom is 0.310 e. The standard InChI is InChI=1S/C21H26IN3O4/c1-25(2)18(26)16-15(19(27)28)21(17(24-16)11-6-4-3-5-7-11)13-10-12(22)8-9-14(13)23-20(21)29/h8-11,15-17,24H,3-7H2,1-2H3,(H,23,29)(H,27,28)/t15-,16-,17+,21-/m0/s1. The smallest absolute Gasteiger partial charge is 0.310 e. The van der Waals surface area contributed by atoms with Crippen molar-refractivity contribution in [3.63, 3.8) is 0 Å². The number of carbonyl (C=O) groups is 3. The lowest BCUT2D eigenvalue weighted by atomic mass is 9.62. The van der Waals surface area contributed by atoms with Gasteiger partial charge >= 0.3 is 5.97 Å². The van der Waals surface area contributed by atoms with Crippen LogP contribution in [0.3, 0.4) is 0 Å². The van der Waals surface area contributed by atoms with E-state index in [4.69, 9.17) is 0 Å². The number of rotatable bonds is 3. The number of hydrogen-bond acceptors (Lipinski definition) is 4. The van der Waals surface area contributed by atoms with E-state index in [0.29, 0.717) is 11.3 Å². The number of hydrogen-bond donors (Lipinski definition) is 3. The third-order valence-corrected chi connectivity index (χ3v) is 7.49. The number of nitrogens with zero attached hydrogens (tertiary/aromatic N) is 1. The van der Waals surface area contributed by atoms with Gasteiger partial charge in [0.15, 0.2) is 0 Å². The van der Waals surface area contributed by atoms with Crippen LogP contribution in [0.2, 0.25) is 0 Å². The highest BCUT2D eigenvalue weighted by atomic mass is 127. The van der Waals surface area contributed by atoms with Gasteiger partial charge in [-0.15, -0.1) is 0 Å². The van der Waals surface area contributed by atoms with E-state index in [9.17, 15) is 19.5 Å². The highest BCUT2D eigenvalue weighted by Gasteiger charge is 2.69. The molecule has 4 rings (SSSR count). The molecule has 0 radical (unpaired) electrons. The summed E-state index contributed by atoms with van der Waals surface area (Å²) in [5.74, 6) is -2.73. The first kappa shape index (κ1) is 20.6. The predicted octanol–water partition coefficient (Wildman–Crippen LogP) is 2.19. The van der Waals surface area contributed by atoms with E-state index in [1.165, 1.54) is 4.90 Å². The van der Waals surface area contributed by atoms with Crippen LogP contribution in [0.5, 0.6) is 0 Å². The zero-order valence-electron chi connectivity index (χ0n) is 16.6. The molecule has 29 heavy (non-hydrogen) atoms. The largest absolute Gasteiger partial charge is 0.481 e. The quantitative estimate of drug-likeness (QED) is 0.541. The molecule has 0 bridgehead atoms. The number of benzene rings is 1. The number of carboxylic acid groups (broad SMARTS) is 1. The summed E-state index contributed by atoms with van der Waals surface area (Å²) in [6.07, 6.45) is 5.13. The topological polar surface area (TPSA) is 98.7 Å². The van der Waals surface area contributed by atoms with Gasteiger partial charge in [0.2, 0.25) is 11.8 Å². The molecule has 7 nitrogen and oxygen atoms in total. The number of amides is 2. The Balaban J connectivity index is 1.93. The molecule has 4 atom stereocenters. The SMILES string of the molecule is CN(C)C(=O)[C@H]1N[C@H](C2CCCCC2)[C@@]2(C(=O)Nc3ccc(I)cc32)[C@@H]1C(=O)O. The summed E-state index contributed by atoms with van der Waals surface area (Å²) < 4.78 is 0.936. The molecule has 2 fully saturated rings. The lowest BCUT2D eigenvalue weighted by molar-refractivity contribution is -0.150. The average molecular weight is 511 g/mol. The first-order valence-electron chi connectivity index (χ1n) is 10.1. The van der Waals surface area contributed by atoms with Crippen LogP contribution in [0.1, 0.15) is 37.7 Å². The highest BCUT2D eigenvalue weighted by molar-refractivity contribution is 14.1. The molecule has 2 aliphatic heterocycles. The number of carboxylic acids is 1. The molecule has 3 aliphatic rings. The third-order valence-electron chi connectivity index (χ3n) is 6.82. The number of nitrogens with one attached hydrogen (secondary N) is 2. The normalized spacial score (nSPS) is 31.6. The summed E-state index contributed by atoms with van der Waals surface area (Å²) in [6, 6.07) is 4.31. The molecule has 1 saturated heterocycles. The summed E-state index contributed by atoms with van der Waals surface area (Å²) in [4.78, 5) is 40.5. The van der Waals surface area contributed by atoms with Crippen LogP contribution in [0.4, 0.5) is 5.69 Å². The Labute approximate surface area is 183 Å². The molecule has 1 saturated carbocycles. The summed E-state index contributed by atoms with van der Waals surface area (Å²) in [6.45, 7) is 0. The van der Waals surface area contributed by atoms with Crippen molar-refractivity contribution in [3.8, 4) is 0 Å². The molecule has 3 N–H and O–H groups in total. The maximum absolute atomic E-state index is 13.5. The van der Waals surface area contributed by atoms with Crippen molar-refractivity contribution >= 4 is 46.1 Å². The fourth-order valence-corrected chi connectivity index (χ4v) is 6.11. The monoisotopic (exact) mass is 511 g/mol. The minimum atomic E-state index is -1.29. The van der Waals surface area contributed by atoms with E-state index in [1.807, 2.05) is 18.2 Å². The summed E-state index contributed by atoms with van der Waals surface area (Å²) in [5.41, 5.74) is 0.0712. The first-order valence-corrected chi connectivity index (χ1v) is 11.2. The van der Waals surface area contributed by atoms with Crippen molar-refractivity contribution in [1.82, 2.24) is 10.2 Å². The highest BCUT2D eigenvalue weighted by Crippen LogP contribution is 2.54. The Morgan fingerprint density at radius 1 is 1.21 bits per heavy atom. The minimum Gasteiger partial charge on any atom is -0.481 e. The van der Waals surface area contributed by atoms with E-state index in [2.05, 4.69) is 33.2 Å². The van der Waals surface area contributed by atoms with Crippen LogP contribution in [-0.4, -0.2) is 54.0 Å². The summed E-state index contributed by atoms with van der Waals surface area (Å²) >= 11 is 2.18. The van der Waals surface area contributed by atoms with E-state index in [0.717, 1.165) is 35.7 Å². The van der Waals surface area contributed by atoms with Crippen LogP contribution in [0, 0.1) is 15.4 Å². The lowest BCUT2D eigenvalue weighted by Gasteiger charge is -2.38. The van der Waals surface area contributed by atoms with Crippen molar-refractivity contribution in [3.05, 3.63) is 27.3 Å². The number of likely N-dealkylation sites (N-methyl/N-ethyl adjacent to an activating group) is 1. The molecule has 0 aromatic heterocycles. The van der Waals surface area contributed by atoms with E-state index >= 15 is 0 Å². The lowest BCUT2D eigenvalue weighted by Crippen LogP contribution is -2.54. The van der Waals surface area contributed by atoms with Gasteiger partial charge < -0.3 is 20.6 Å². The summed E-state index contributed by atoms with van der Waals surface area (Å²) in [7, 11) is 3.24. The Morgan fingerprint density at radius 2 is 1.90 bits per heavy atom. The Hall–Kier alpha value is -1.68. The zero-order chi connectivity index (χ0) is 20.9. The summed E-state index contributed by atoms with van der Waals surface area (Å²) in [5, 5.41) is 16.6. The molecule has 8 heteroatoms. The first-order chi connectivity index (χ1) is 13.8. The zero-order valence-corrected chi connectivity index (χ0v) is 18.7. The molecule has 0 unspecified atom stereocenters. The van der Waals surface area contributed by atoms with Crippen LogP contribution >= 0.6 is 22.6 Å². The van der Waals surface area contributed by atoms with E-state index < -0.39 is 29.4 Å². The minimum absolute atomic E-state index is 0.153. The molecule has 1 aromatic rings. The second-order valence-electron chi connectivity index (χ2n) is 8.58. The number of carbonyl (C=O) groups excluding carboxylic acids is 2. The Kier molecular flexibility index (Phi) is 5.35. The van der Waals surface area contributed by atoms with Gasteiger partial charge in [0.1, 0.15) is 17.4 Å². The van der Waals surface area contributed by atoms with Gasteiger partial charge in [-0.05, 0) is 65.1 Å². The van der Waals surface area contributed by atoms with Gasteiger partial charge in [-0.25, -0.2) is 0 Å². The molecule has 2 amide bonds. The van der Waals surface area contributed by atoms with Crippen molar-refractivity contribution in [2.24, 2.45) is 11.8 Å². The molecule has 156 valence electrons. The average Bonchev–Trinajstić information content (AvgIpc) is 3.19. The van der Waals surface area contributed by atoms with Crippen molar-refractivity contribution < 1.29 is 19.5 Å². The van der Waals surface area contributed by atoms with Crippen LogP contribution in [-0.2, 0) is 19.8 Å². The molecular formula is C21H26IN3O4. The number of aliphatic carboxylic acids is 1. The molecule has 1 spiro atoms. The van der Waals surface area contributed by atoms with Crippen molar-refractivity contribution in [2.45, 2.75) is 49.6 Å². The predicted molar refractivity (Wildman–Crippen MR) is 117 cm³/mol. The molecule has 2 heterocycles. The van der Waals surface area contributed by atoms with Gasteiger partial charge in [-0.3, -0.25) is 14.4 Å². The van der Waals surface area contributed by atoms with Crippen molar-refractivity contribution in [2.75, 3.05) is 19.4 Å². The van der Waals surface area contributed by atoms with Gasteiger partial charge in [-0.2, -0.15) is 0 Å². The van der Waals surface area contributed by atoms with Gasteiger partial charge in [0, 0.05) is 29.4 Å². The van der Waals surface area contributed by atoms with E-state index in [1.54, 1.807) is 14.1 Å². The molecular weight excluding hydrogens is 485 g/mol. The van der Waals surface area contributed by atoms with Crippen molar-refractivity contribution in [1.29, 1.82) is 0 Å². The number of halogens is 1. The Morgan fingerprint density at radius 3 is 2.52 bits per heavy atom. The fourth-order valence-electron chi connectivity index (χ4n) is 5.62. The number of fused-ring (bicyclic) bond motifs is 2. The van der Waals surface area contributed by atoms with Crippen LogP contribution < -0.4 is 10.6 Å². The molecule has 1 aliphatic carbocycles. The third kappa shape index (κ3) is 3.06. The van der Waals surface area contributed by atoms with Gasteiger partial charge in [-0.1, -0.05) is 19.3 Å². The number of anilines is 1. The molecule has 1 aromatic carbocycles. The fraction of sp³-hybridized carbons (Fsp3) is 0.571. The van der Waals surface area contributed by atoms with Crippen LogP contribution in [0.25, 0.3) is 0 Å². The van der Waals surface area contributed by atoms with E-state index in [-0.39, 0.29) is 17.7 Å². The Bertz CT molecular complexity index is 867. The van der Waals surface area contributed by atoms with Gasteiger partial charge in [0.25, 0.3) is 0 Å². The van der Waals surface area contributed by atoms with Gasteiger partial charge in [0.05, 0.1) is 0 Å². The maximum atomic E-state index is 13.5. The van der Waals surface area contributed by atoms with Crippen LogP contribution in [0.15, 0.2) is 18.2 Å².